The van der Waals surface area contributed by atoms with Crippen LogP contribution in [0.25, 0.3) is 0 Å². The maximum absolute atomic E-state index is 10.7. The second-order valence-corrected chi connectivity index (χ2v) is 3.60. The molecule has 0 spiro atoms. The smallest absolute Gasteiger partial charge is 0.354 e. The zero-order valence-electron chi connectivity index (χ0n) is 9.47. The van der Waals surface area contributed by atoms with E-state index in [1.165, 1.54) is 6.07 Å². The Bertz CT molecular complexity index is 393. The van der Waals surface area contributed by atoms with Gasteiger partial charge in [-0.15, -0.1) is 6.58 Å². The van der Waals surface area contributed by atoms with Gasteiger partial charge in [-0.3, -0.25) is 0 Å². The van der Waals surface area contributed by atoms with Gasteiger partial charge in [0, 0.05) is 0 Å². The average molecular weight is 236 g/mol. The van der Waals surface area contributed by atoms with Crippen LogP contribution in [0.15, 0.2) is 30.9 Å². The molecule has 0 saturated carbocycles. The van der Waals surface area contributed by atoms with E-state index in [2.05, 4.69) is 16.9 Å². The van der Waals surface area contributed by atoms with Crippen LogP contribution in [0.3, 0.4) is 0 Å². The first-order valence-corrected chi connectivity index (χ1v) is 5.36. The van der Waals surface area contributed by atoms with E-state index in [1.54, 1.807) is 18.2 Å². The largest absolute Gasteiger partial charge is 0.477 e. The van der Waals surface area contributed by atoms with Crippen LogP contribution >= 0.6 is 0 Å². The molecule has 1 rings (SSSR count). The van der Waals surface area contributed by atoms with Crippen molar-refractivity contribution in [3.63, 3.8) is 0 Å². The number of aliphatic hydroxyl groups excluding tert-OH is 1. The first-order chi connectivity index (χ1) is 8.17. The first-order valence-electron chi connectivity index (χ1n) is 5.36. The normalized spacial score (nSPS) is 11.8. The number of carboxylic acid groups (broad SMARTS) is 1. The van der Waals surface area contributed by atoms with Crippen molar-refractivity contribution in [2.45, 2.75) is 18.9 Å². The number of aromatic carboxylic acids is 1. The molecule has 0 aliphatic rings. The van der Waals surface area contributed by atoms with Crippen molar-refractivity contribution in [3.05, 3.63) is 36.5 Å². The summed E-state index contributed by atoms with van der Waals surface area (Å²) in [6.45, 7) is 3.57. The van der Waals surface area contributed by atoms with Crippen LogP contribution in [-0.2, 0) is 0 Å². The zero-order chi connectivity index (χ0) is 12.7. The maximum Gasteiger partial charge on any atom is 0.354 e. The Balaban J connectivity index is 2.68. The van der Waals surface area contributed by atoms with Gasteiger partial charge >= 0.3 is 5.97 Å². The lowest BCUT2D eigenvalue weighted by atomic mass is 10.1. The molecule has 0 saturated heterocycles. The summed E-state index contributed by atoms with van der Waals surface area (Å²) in [4.78, 5) is 14.6. The standard InChI is InChI=1S/C12H16N2O3/c1-2-3-5-9(8-15)13-11-7-4-6-10(14-11)12(16)17/h2,4,6-7,9,15H,1,3,5,8H2,(H,13,14)(H,16,17). The molecule has 0 aromatic carbocycles. The van der Waals surface area contributed by atoms with Gasteiger partial charge in [-0.1, -0.05) is 12.1 Å². The van der Waals surface area contributed by atoms with Crippen molar-refractivity contribution in [3.8, 4) is 0 Å². The van der Waals surface area contributed by atoms with E-state index < -0.39 is 5.97 Å². The van der Waals surface area contributed by atoms with Crippen molar-refractivity contribution in [2.75, 3.05) is 11.9 Å². The van der Waals surface area contributed by atoms with E-state index in [9.17, 15) is 4.79 Å². The van der Waals surface area contributed by atoms with E-state index in [4.69, 9.17) is 10.2 Å². The minimum absolute atomic E-state index is 0.0181. The van der Waals surface area contributed by atoms with Gasteiger partial charge in [0.15, 0.2) is 5.69 Å². The van der Waals surface area contributed by atoms with Crippen molar-refractivity contribution in [1.82, 2.24) is 4.98 Å². The number of rotatable bonds is 7. The Kier molecular flexibility index (Phi) is 5.16. The topological polar surface area (TPSA) is 82.5 Å². The molecule has 92 valence electrons. The van der Waals surface area contributed by atoms with Crippen LogP contribution in [0, 0.1) is 0 Å². The number of nitrogens with one attached hydrogen (secondary N) is 1. The maximum atomic E-state index is 10.7. The lowest BCUT2D eigenvalue weighted by molar-refractivity contribution is 0.0690. The number of hydrogen-bond acceptors (Lipinski definition) is 4. The van der Waals surface area contributed by atoms with E-state index in [-0.39, 0.29) is 18.3 Å². The Morgan fingerprint density at radius 1 is 1.59 bits per heavy atom. The Hall–Kier alpha value is -1.88. The molecule has 1 heterocycles. The summed E-state index contributed by atoms with van der Waals surface area (Å²) >= 11 is 0. The first kappa shape index (κ1) is 13.2. The highest BCUT2D eigenvalue weighted by molar-refractivity contribution is 5.85. The zero-order valence-corrected chi connectivity index (χ0v) is 9.47. The molecular weight excluding hydrogens is 220 g/mol. The molecule has 1 atom stereocenters. The van der Waals surface area contributed by atoms with Crippen LogP contribution in [-0.4, -0.2) is 33.8 Å². The van der Waals surface area contributed by atoms with Gasteiger partial charge in [0.05, 0.1) is 12.6 Å². The minimum Gasteiger partial charge on any atom is -0.477 e. The third-order valence-electron chi connectivity index (χ3n) is 2.26. The molecule has 5 nitrogen and oxygen atoms in total. The molecular formula is C12H16N2O3. The molecule has 1 aromatic rings. The highest BCUT2D eigenvalue weighted by atomic mass is 16.4. The molecule has 5 heteroatoms. The fraction of sp³-hybridized carbons (Fsp3) is 0.333. The summed E-state index contributed by atoms with van der Waals surface area (Å²) in [5, 5.41) is 20.9. The van der Waals surface area contributed by atoms with E-state index in [0.717, 1.165) is 12.8 Å². The number of aliphatic hydroxyl groups is 1. The van der Waals surface area contributed by atoms with Crippen LogP contribution in [0.5, 0.6) is 0 Å². The van der Waals surface area contributed by atoms with Crippen LogP contribution in [0.4, 0.5) is 5.82 Å². The predicted molar refractivity (Wildman–Crippen MR) is 65.1 cm³/mol. The number of carbonyl (C=O) groups is 1. The Morgan fingerprint density at radius 2 is 2.35 bits per heavy atom. The summed E-state index contributed by atoms with van der Waals surface area (Å²) in [6, 6.07) is 4.55. The third-order valence-corrected chi connectivity index (χ3v) is 2.26. The summed E-state index contributed by atoms with van der Waals surface area (Å²) in [7, 11) is 0. The second kappa shape index (κ2) is 6.65. The second-order valence-electron chi connectivity index (χ2n) is 3.60. The molecule has 0 fully saturated rings. The van der Waals surface area contributed by atoms with Gasteiger partial charge < -0.3 is 15.5 Å². The van der Waals surface area contributed by atoms with Crippen molar-refractivity contribution in [2.24, 2.45) is 0 Å². The molecule has 0 aliphatic carbocycles. The van der Waals surface area contributed by atoms with Gasteiger partial charge in [0.2, 0.25) is 0 Å². The highest BCUT2D eigenvalue weighted by Crippen LogP contribution is 2.09. The highest BCUT2D eigenvalue weighted by Gasteiger charge is 2.09. The molecule has 0 bridgehead atoms. The van der Waals surface area contributed by atoms with Gasteiger partial charge in [-0.05, 0) is 25.0 Å². The fourth-order valence-electron chi connectivity index (χ4n) is 1.37. The Labute approximate surface area is 99.8 Å². The summed E-state index contributed by atoms with van der Waals surface area (Å²) in [5.74, 6) is -0.617. The molecule has 3 N–H and O–H groups in total. The number of hydrogen-bond donors (Lipinski definition) is 3. The summed E-state index contributed by atoms with van der Waals surface area (Å²) in [6.07, 6.45) is 3.27. The molecule has 1 unspecified atom stereocenters. The van der Waals surface area contributed by atoms with Crippen molar-refractivity contribution >= 4 is 11.8 Å². The van der Waals surface area contributed by atoms with E-state index in [1.807, 2.05) is 0 Å². The number of pyridine rings is 1. The molecule has 0 aliphatic heterocycles. The fourth-order valence-corrected chi connectivity index (χ4v) is 1.37. The van der Waals surface area contributed by atoms with Crippen LogP contribution in [0.1, 0.15) is 23.3 Å². The SMILES string of the molecule is C=CCCC(CO)Nc1cccc(C(=O)O)n1. The van der Waals surface area contributed by atoms with Crippen molar-refractivity contribution in [1.29, 1.82) is 0 Å². The number of allylic oxidation sites excluding steroid dienone is 1. The van der Waals surface area contributed by atoms with Gasteiger partial charge in [-0.2, -0.15) is 0 Å². The summed E-state index contributed by atoms with van der Waals surface area (Å²) < 4.78 is 0. The molecule has 0 amide bonds. The Morgan fingerprint density at radius 3 is 2.94 bits per heavy atom. The lowest BCUT2D eigenvalue weighted by Crippen LogP contribution is -2.24. The summed E-state index contributed by atoms with van der Waals surface area (Å²) in [5.41, 5.74) is -0.0181. The number of aromatic nitrogens is 1. The van der Waals surface area contributed by atoms with Gasteiger partial charge in [0.1, 0.15) is 5.82 Å². The quantitative estimate of drug-likeness (QED) is 0.625. The minimum atomic E-state index is -1.07. The third kappa shape index (κ3) is 4.24. The number of nitrogens with zero attached hydrogens (tertiary/aromatic N) is 1. The van der Waals surface area contributed by atoms with E-state index >= 15 is 0 Å². The van der Waals surface area contributed by atoms with Crippen LogP contribution in [0.2, 0.25) is 0 Å². The monoisotopic (exact) mass is 236 g/mol. The van der Waals surface area contributed by atoms with Gasteiger partial charge in [-0.25, -0.2) is 9.78 Å². The van der Waals surface area contributed by atoms with Crippen LogP contribution < -0.4 is 5.32 Å². The molecule has 17 heavy (non-hydrogen) atoms. The average Bonchev–Trinajstić information content (AvgIpc) is 2.34. The van der Waals surface area contributed by atoms with Crippen molar-refractivity contribution < 1.29 is 15.0 Å². The number of carboxylic acids is 1. The predicted octanol–water partition coefficient (Wildman–Crippen LogP) is 1.52. The van der Waals surface area contributed by atoms with E-state index in [0.29, 0.717) is 5.82 Å². The number of anilines is 1. The van der Waals surface area contributed by atoms with Gasteiger partial charge in [0.25, 0.3) is 0 Å². The molecule has 0 radical (unpaired) electrons. The molecule has 1 aromatic heterocycles. The lowest BCUT2D eigenvalue weighted by Gasteiger charge is -2.16.